The summed E-state index contributed by atoms with van der Waals surface area (Å²) in [6, 6.07) is 24.9. The first-order chi connectivity index (χ1) is 16.6. The van der Waals surface area contributed by atoms with Gasteiger partial charge in [0.05, 0.1) is 24.1 Å². The molecule has 0 N–H and O–H groups in total. The number of piperazine rings is 1. The van der Waals surface area contributed by atoms with E-state index >= 15 is 0 Å². The Morgan fingerprint density at radius 1 is 0.706 bits per heavy atom. The maximum atomic E-state index is 13.7. The van der Waals surface area contributed by atoms with Gasteiger partial charge in [-0.05, 0) is 36.8 Å². The first-order valence-corrected chi connectivity index (χ1v) is 11.5. The van der Waals surface area contributed by atoms with Crippen LogP contribution >= 0.6 is 0 Å². The molecule has 2 aliphatic heterocycles. The Kier molecular flexibility index (Phi) is 5.80. The Hall–Kier alpha value is -4.06. The minimum Gasteiger partial charge on any atom is -0.495 e. The number of carbonyl (C=O) groups excluding carboxylic acids is 2. The van der Waals surface area contributed by atoms with Gasteiger partial charge in [-0.1, -0.05) is 60.2 Å². The maximum Gasteiger partial charge on any atom is 0.282 e. The molecule has 3 aromatic carbocycles. The van der Waals surface area contributed by atoms with Crippen LogP contribution in [0.5, 0.6) is 5.75 Å². The van der Waals surface area contributed by atoms with Crippen LogP contribution in [0.4, 0.5) is 11.4 Å². The molecule has 0 aliphatic carbocycles. The van der Waals surface area contributed by atoms with Gasteiger partial charge in [0.15, 0.2) is 0 Å². The average Bonchev–Trinajstić information content (AvgIpc) is 3.14. The summed E-state index contributed by atoms with van der Waals surface area (Å²) in [6.07, 6.45) is 0. The van der Waals surface area contributed by atoms with Gasteiger partial charge in [0, 0.05) is 26.2 Å². The molecule has 0 atom stereocenters. The summed E-state index contributed by atoms with van der Waals surface area (Å²) >= 11 is 0. The normalized spacial score (nSPS) is 16.5. The Morgan fingerprint density at radius 2 is 1.32 bits per heavy atom. The molecule has 0 spiro atoms. The average molecular weight is 454 g/mol. The van der Waals surface area contributed by atoms with Crippen molar-refractivity contribution in [3.05, 3.63) is 95.7 Å². The lowest BCUT2D eigenvalue weighted by molar-refractivity contribution is -0.120. The number of para-hydroxylation sites is 3. The second-order valence-corrected chi connectivity index (χ2v) is 8.52. The van der Waals surface area contributed by atoms with Crippen molar-refractivity contribution in [1.82, 2.24) is 4.90 Å². The van der Waals surface area contributed by atoms with E-state index in [1.54, 1.807) is 19.2 Å². The lowest BCUT2D eigenvalue weighted by Gasteiger charge is -2.38. The monoisotopic (exact) mass is 453 g/mol. The van der Waals surface area contributed by atoms with E-state index < -0.39 is 0 Å². The topological polar surface area (TPSA) is 53.1 Å². The highest BCUT2D eigenvalue weighted by molar-refractivity contribution is 6.45. The lowest BCUT2D eigenvalue weighted by atomic mass is 10.0. The Balaban J connectivity index is 1.49. The Labute approximate surface area is 199 Å². The summed E-state index contributed by atoms with van der Waals surface area (Å²) in [7, 11) is 1.68. The van der Waals surface area contributed by atoms with Crippen LogP contribution in [0.2, 0.25) is 0 Å². The molecule has 0 unspecified atom stereocenters. The fraction of sp³-hybridized carbons (Fsp3) is 0.214. The molecular formula is C28H27N3O3. The Morgan fingerprint density at radius 3 is 2.00 bits per heavy atom. The van der Waals surface area contributed by atoms with Crippen LogP contribution in [0.25, 0.3) is 5.57 Å². The molecule has 3 aromatic rings. The predicted molar refractivity (Wildman–Crippen MR) is 134 cm³/mol. The van der Waals surface area contributed by atoms with Crippen LogP contribution in [-0.2, 0) is 9.59 Å². The fourth-order valence-corrected chi connectivity index (χ4v) is 4.67. The number of imide groups is 1. The highest BCUT2D eigenvalue weighted by atomic mass is 16.5. The van der Waals surface area contributed by atoms with Crippen molar-refractivity contribution in [3.8, 4) is 5.75 Å². The van der Waals surface area contributed by atoms with E-state index in [1.807, 2.05) is 73.7 Å². The summed E-state index contributed by atoms with van der Waals surface area (Å²) < 4.78 is 5.53. The zero-order chi connectivity index (χ0) is 23.7. The number of ether oxygens (including phenoxy) is 1. The predicted octanol–water partition coefficient (Wildman–Crippen LogP) is 4.11. The molecule has 1 fully saturated rings. The van der Waals surface area contributed by atoms with Gasteiger partial charge in [-0.2, -0.15) is 0 Å². The van der Waals surface area contributed by atoms with Crippen molar-refractivity contribution >= 4 is 28.8 Å². The number of hydrogen-bond donors (Lipinski definition) is 0. The number of rotatable bonds is 5. The molecule has 0 aromatic heterocycles. The highest BCUT2D eigenvalue weighted by Gasteiger charge is 2.43. The molecule has 2 aliphatic rings. The van der Waals surface area contributed by atoms with Gasteiger partial charge < -0.3 is 14.5 Å². The van der Waals surface area contributed by atoms with Crippen molar-refractivity contribution in [2.24, 2.45) is 0 Å². The smallest absolute Gasteiger partial charge is 0.282 e. The van der Waals surface area contributed by atoms with E-state index in [4.69, 9.17) is 4.74 Å². The summed E-state index contributed by atoms with van der Waals surface area (Å²) in [4.78, 5) is 32.9. The van der Waals surface area contributed by atoms with Gasteiger partial charge in [-0.15, -0.1) is 0 Å². The molecule has 0 radical (unpaired) electrons. The third kappa shape index (κ3) is 3.81. The number of hydrogen-bond acceptors (Lipinski definition) is 5. The molecule has 6 heteroatoms. The van der Waals surface area contributed by atoms with Crippen molar-refractivity contribution in [2.45, 2.75) is 6.92 Å². The second-order valence-electron chi connectivity index (χ2n) is 8.52. The van der Waals surface area contributed by atoms with E-state index in [2.05, 4.69) is 9.80 Å². The van der Waals surface area contributed by atoms with E-state index in [9.17, 15) is 9.59 Å². The van der Waals surface area contributed by atoms with Crippen LogP contribution in [0.3, 0.4) is 0 Å². The minimum atomic E-state index is -0.276. The number of aryl methyl sites for hydroxylation is 1. The highest BCUT2D eigenvalue weighted by Crippen LogP contribution is 2.36. The van der Waals surface area contributed by atoms with Crippen LogP contribution in [0, 0.1) is 6.92 Å². The fourth-order valence-electron chi connectivity index (χ4n) is 4.67. The van der Waals surface area contributed by atoms with E-state index in [0.29, 0.717) is 30.0 Å². The molecule has 6 nitrogen and oxygen atoms in total. The van der Waals surface area contributed by atoms with Crippen molar-refractivity contribution in [3.63, 3.8) is 0 Å². The standard InChI is InChI=1S/C28H27N3O3/c1-20-12-14-21(15-13-20)25-26(28(33)31(27(25)32)22-8-4-3-5-9-22)30-18-16-29(17-19-30)23-10-6-7-11-24(23)34-2/h3-15H,16-19H2,1-2H3. The molecule has 172 valence electrons. The summed E-state index contributed by atoms with van der Waals surface area (Å²) in [5.41, 5.74) is 4.46. The van der Waals surface area contributed by atoms with Crippen molar-refractivity contribution in [1.29, 1.82) is 0 Å². The van der Waals surface area contributed by atoms with Crippen molar-refractivity contribution < 1.29 is 14.3 Å². The largest absolute Gasteiger partial charge is 0.495 e. The van der Waals surface area contributed by atoms with Gasteiger partial charge in [0.2, 0.25) is 0 Å². The third-order valence-corrected chi connectivity index (χ3v) is 6.44. The maximum absolute atomic E-state index is 13.7. The number of benzene rings is 3. The number of nitrogens with zero attached hydrogens (tertiary/aromatic N) is 3. The minimum absolute atomic E-state index is 0.266. The van der Waals surface area contributed by atoms with E-state index in [1.165, 1.54) is 4.90 Å². The zero-order valence-electron chi connectivity index (χ0n) is 19.4. The molecule has 2 heterocycles. The van der Waals surface area contributed by atoms with Gasteiger partial charge in [0.25, 0.3) is 11.8 Å². The van der Waals surface area contributed by atoms with Gasteiger partial charge in [0.1, 0.15) is 11.4 Å². The second kappa shape index (κ2) is 9.06. The molecule has 0 saturated carbocycles. The van der Waals surface area contributed by atoms with Crippen LogP contribution < -0.4 is 14.5 Å². The number of carbonyl (C=O) groups is 2. The molecule has 5 rings (SSSR count). The van der Waals surface area contributed by atoms with Crippen LogP contribution in [0.15, 0.2) is 84.6 Å². The summed E-state index contributed by atoms with van der Waals surface area (Å²) in [5, 5.41) is 0. The summed E-state index contributed by atoms with van der Waals surface area (Å²) in [5.74, 6) is 0.289. The summed E-state index contributed by atoms with van der Waals surface area (Å²) in [6.45, 7) is 4.71. The lowest BCUT2D eigenvalue weighted by Crippen LogP contribution is -2.47. The number of anilines is 2. The van der Waals surface area contributed by atoms with Gasteiger partial charge in [-0.3, -0.25) is 9.59 Å². The zero-order valence-corrected chi connectivity index (χ0v) is 19.4. The van der Waals surface area contributed by atoms with Crippen LogP contribution in [0.1, 0.15) is 11.1 Å². The van der Waals surface area contributed by atoms with Gasteiger partial charge >= 0.3 is 0 Å². The number of amides is 2. The Bertz CT molecular complexity index is 1240. The molecule has 2 amide bonds. The SMILES string of the molecule is COc1ccccc1N1CCN(C2=C(c3ccc(C)cc3)C(=O)N(c3ccccc3)C2=O)CC1. The molecule has 1 saturated heterocycles. The molecule has 34 heavy (non-hydrogen) atoms. The molecular weight excluding hydrogens is 426 g/mol. The van der Waals surface area contributed by atoms with E-state index in [0.717, 1.165) is 35.7 Å². The quantitative estimate of drug-likeness (QED) is 0.544. The third-order valence-electron chi connectivity index (χ3n) is 6.44. The van der Waals surface area contributed by atoms with Gasteiger partial charge in [-0.25, -0.2) is 4.90 Å². The first-order valence-electron chi connectivity index (χ1n) is 11.5. The number of methoxy groups -OCH3 is 1. The first kappa shape index (κ1) is 21.8. The van der Waals surface area contributed by atoms with E-state index in [-0.39, 0.29) is 11.8 Å². The van der Waals surface area contributed by atoms with Crippen molar-refractivity contribution in [2.75, 3.05) is 43.1 Å². The molecule has 0 bridgehead atoms. The van der Waals surface area contributed by atoms with Crippen LogP contribution in [-0.4, -0.2) is 50.0 Å².